The quantitative estimate of drug-likeness (QED) is 0.169. The van der Waals surface area contributed by atoms with Crippen molar-refractivity contribution in [1.29, 1.82) is 0 Å². The summed E-state index contributed by atoms with van der Waals surface area (Å²) in [6.45, 7) is 0. The van der Waals surface area contributed by atoms with Crippen molar-refractivity contribution < 1.29 is 0 Å². The average Bonchev–Trinajstić information content (AvgIpc) is 3.86. The van der Waals surface area contributed by atoms with Gasteiger partial charge in [0, 0.05) is 57.0 Å². The predicted octanol–water partition coefficient (Wildman–Crippen LogP) is 15.2. The van der Waals surface area contributed by atoms with E-state index >= 15 is 0 Å². The van der Waals surface area contributed by atoms with Crippen molar-refractivity contribution in [1.82, 2.24) is 9.97 Å². The Bertz CT molecular complexity index is 3070. The predicted molar refractivity (Wildman–Crippen MR) is 240 cm³/mol. The highest BCUT2D eigenvalue weighted by Crippen LogP contribution is 2.42. The molecule has 56 heavy (non-hydrogen) atoms. The van der Waals surface area contributed by atoms with Gasteiger partial charge in [-0.2, -0.15) is 0 Å². The molecular formula is C52H32N2S2. The van der Waals surface area contributed by atoms with Crippen molar-refractivity contribution in [3.05, 3.63) is 194 Å². The zero-order chi connectivity index (χ0) is 37.0. The van der Waals surface area contributed by atoms with Gasteiger partial charge in [-0.1, -0.05) is 152 Å². The Balaban J connectivity index is 1.07. The first kappa shape index (κ1) is 32.7. The minimum Gasteiger partial charge on any atom is -0.228 e. The molecule has 2 nitrogen and oxygen atoms in total. The highest BCUT2D eigenvalue weighted by Gasteiger charge is 2.16. The van der Waals surface area contributed by atoms with E-state index in [1.54, 1.807) is 0 Å². The molecule has 0 radical (unpaired) electrons. The largest absolute Gasteiger partial charge is 0.228 e. The Hall–Kier alpha value is -6.72. The van der Waals surface area contributed by atoms with E-state index < -0.39 is 0 Å². The van der Waals surface area contributed by atoms with Crippen molar-refractivity contribution in [2.75, 3.05) is 0 Å². The van der Waals surface area contributed by atoms with Crippen LogP contribution in [0, 0.1) is 0 Å². The molecule has 0 bridgehead atoms. The summed E-state index contributed by atoms with van der Waals surface area (Å²) in [6, 6.07) is 69.6. The van der Waals surface area contributed by atoms with Gasteiger partial charge in [-0.3, -0.25) is 0 Å². The summed E-state index contributed by atoms with van der Waals surface area (Å²) < 4.78 is 5.21. The maximum absolute atomic E-state index is 5.28. The normalized spacial score (nSPS) is 11.6. The van der Waals surface area contributed by atoms with E-state index in [4.69, 9.17) is 9.97 Å². The summed E-state index contributed by atoms with van der Waals surface area (Å²) in [4.78, 5) is 10.6. The zero-order valence-electron chi connectivity index (χ0n) is 30.2. The van der Waals surface area contributed by atoms with Gasteiger partial charge in [0.05, 0.1) is 11.4 Å². The second-order valence-corrected chi connectivity index (χ2v) is 16.3. The minimum absolute atomic E-state index is 0.699. The highest BCUT2D eigenvalue weighted by atomic mass is 32.1. The molecule has 0 spiro atoms. The van der Waals surface area contributed by atoms with Crippen molar-refractivity contribution in [3.8, 4) is 67.3 Å². The molecular weight excluding hydrogens is 717 g/mol. The second-order valence-electron chi connectivity index (χ2n) is 14.1. The molecule has 0 aliphatic heterocycles. The third-order valence-corrected chi connectivity index (χ3v) is 13.0. The van der Waals surface area contributed by atoms with Crippen LogP contribution in [0.4, 0.5) is 0 Å². The van der Waals surface area contributed by atoms with Crippen molar-refractivity contribution in [3.63, 3.8) is 0 Å². The third-order valence-electron chi connectivity index (χ3n) is 10.7. The van der Waals surface area contributed by atoms with E-state index in [1.165, 1.54) is 68.2 Å². The Morgan fingerprint density at radius 3 is 1.25 bits per heavy atom. The van der Waals surface area contributed by atoms with Gasteiger partial charge in [-0.15, -0.1) is 22.7 Å². The molecule has 262 valence electrons. The van der Waals surface area contributed by atoms with Crippen LogP contribution in [0.5, 0.6) is 0 Å². The molecule has 0 aliphatic rings. The molecule has 0 amide bonds. The Morgan fingerprint density at radius 2 is 0.696 bits per heavy atom. The maximum Gasteiger partial charge on any atom is 0.160 e. The van der Waals surface area contributed by atoms with Crippen LogP contribution in [0.25, 0.3) is 108 Å². The van der Waals surface area contributed by atoms with Gasteiger partial charge in [-0.05, 0) is 75.8 Å². The lowest BCUT2D eigenvalue weighted by Gasteiger charge is -2.13. The minimum atomic E-state index is 0.699. The van der Waals surface area contributed by atoms with Crippen LogP contribution in [-0.2, 0) is 0 Å². The number of benzene rings is 8. The number of fused-ring (bicyclic) bond motifs is 6. The first-order chi connectivity index (χ1) is 27.7. The molecule has 11 aromatic rings. The molecule has 0 aliphatic carbocycles. The van der Waals surface area contributed by atoms with E-state index in [1.807, 2.05) is 22.7 Å². The maximum atomic E-state index is 5.28. The summed E-state index contributed by atoms with van der Waals surface area (Å²) in [5.74, 6) is 0.699. The van der Waals surface area contributed by atoms with Gasteiger partial charge in [0.2, 0.25) is 0 Å². The van der Waals surface area contributed by atoms with Crippen LogP contribution < -0.4 is 0 Å². The molecule has 3 heterocycles. The first-order valence-corrected chi connectivity index (χ1v) is 20.4. The molecule has 0 saturated carbocycles. The second kappa shape index (κ2) is 13.5. The van der Waals surface area contributed by atoms with Crippen LogP contribution in [-0.4, -0.2) is 9.97 Å². The van der Waals surface area contributed by atoms with Crippen LogP contribution >= 0.6 is 22.7 Å². The molecule has 11 rings (SSSR count). The van der Waals surface area contributed by atoms with E-state index in [-0.39, 0.29) is 0 Å². The SMILES string of the molecule is c1ccc(-c2ccc(-c3nc(-c4cccc(-c5cccc6sc7ccccc7c56)c4)cc(-c4cccc(-c5cccc6sc7ccccc7c56)c4)n3)cc2)cc1. The molecule has 0 saturated heterocycles. The van der Waals surface area contributed by atoms with Gasteiger partial charge in [0.25, 0.3) is 0 Å². The first-order valence-electron chi connectivity index (χ1n) is 18.8. The monoisotopic (exact) mass is 748 g/mol. The fourth-order valence-corrected chi connectivity index (χ4v) is 10.3. The number of nitrogens with zero attached hydrogens (tertiary/aromatic N) is 2. The average molecular weight is 749 g/mol. The molecule has 3 aromatic heterocycles. The number of aromatic nitrogens is 2. The van der Waals surface area contributed by atoms with Crippen molar-refractivity contribution >= 4 is 63.0 Å². The van der Waals surface area contributed by atoms with Crippen LogP contribution in [0.1, 0.15) is 0 Å². The number of hydrogen-bond acceptors (Lipinski definition) is 4. The fourth-order valence-electron chi connectivity index (χ4n) is 8.04. The summed E-state index contributed by atoms with van der Waals surface area (Å²) in [6.07, 6.45) is 0. The number of thiophene rings is 2. The highest BCUT2D eigenvalue weighted by molar-refractivity contribution is 7.26. The zero-order valence-corrected chi connectivity index (χ0v) is 31.8. The van der Waals surface area contributed by atoms with Crippen molar-refractivity contribution in [2.45, 2.75) is 0 Å². The molecule has 0 fully saturated rings. The van der Waals surface area contributed by atoms with Crippen LogP contribution in [0.2, 0.25) is 0 Å². The fraction of sp³-hybridized carbons (Fsp3) is 0. The third kappa shape index (κ3) is 5.70. The standard InChI is InChI=1S/C52H32N2S2/c1-2-12-33(13-3-1)34-26-28-35(29-27-34)52-53-44(38-16-8-14-36(30-38)40-20-10-24-48-50(40)42-18-4-6-22-46(42)55-48)32-45(54-52)39-17-9-15-37(31-39)41-21-11-25-49-51(41)43-19-5-7-23-47(43)56-49/h1-32H. The lowest BCUT2D eigenvalue weighted by molar-refractivity contribution is 1.18. The summed E-state index contributed by atoms with van der Waals surface area (Å²) in [5, 5.41) is 5.20. The van der Waals surface area contributed by atoms with Gasteiger partial charge >= 0.3 is 0 Å². The lowest BCUT2D eigenvalue weighted by atomic mass is 9.96. The van der Waals surface area contributed by atoms with Gasteiger partial charge in [0.15, 0.2) is 5.82 Å². The van der Waals surface area contributed by atoms with Gasteiger partial charge in [0.1, 0.15) is 0 Å². The van der Waals surface area contributed by atoms with Crippen LogP contribution in [0.15, 0.2) is 194 Å². The van der Waals surface area contributed by atoms with E-state index in [9.17, 15) is 0 Å². The number of rotatable bonds is 6. The van der Waals surface area contributed by atoms with Gasteiger partial charge in [-0.25, -0.2) is 9.97 Å². The Morgan fingerprint density at radius 1 is 0.286 bits per heavy atom. The molecule has 0 atom stereocenters. The summed E-state index contributed by atoms with van der Waals surface area (Å²) >= 11 is 3.70. The number of hydrogen-bond donors (Lipinski definition) is 0. The van der Waals surface area contributed by atoms with Crippen LogP contribution in [0.3, 0.4) is 0 Å². The smallest absolute Gasteiger partial charge is 0.160 e. The summed E-state index contributed by atoms with van der Waals surface area (Å²) in [5.41, 5.74) is 12.0. The van der Waals surface area contributed by atoms with E-state index in [2.05, 4.69) is 194 Å². The summed E-state index contributed by atoms with van der Waals surface area (Å²) in [7, 11) is 0. The Kier molecular flexibility index (Phi) is 7.90. The van der Waals surface area contributed by atoms with Crippen molar-refractivity contribution in [2.24, 2.45) is 0 Å². The molecule has 4 heteroatoms. The molecule has 0 unspecified atom stereocenters. The van der Waals surface area contributed by atoms with E-state index in [0.717, 1.165) is 33.6 Å². The topological polar surface area (TPSA) is 25.8 Å². The van der Waals surface area contributed by atoms with Gasteiger partial charge < -0.3 is 0 Å². The Labute approximate surface area is 332 Å². The van der Waals surface area contributed by atoms with E-state index in [0.29, 0.717) is 5.82 Å². The lowest BCUT2D eigenvalue weighted by Crippen LogP contribution is -1.96. The molecule has 0 N–H and O–H groups in total. The molecule has 8 aromatic carbocycles.